The molecular weight excluding hydrogens is 285 g/mol. The largest absolute Gasteiger partial charge is 0.403 e. The van der Waals surface area contributed by atoms with Crippen LogP contribution >= 0.6 is 0 Å². The number of amides is 1. The molecule has 1 fully saturated rings. The Morgan fingerprint density at radius 2 is 1.95 bits per heavy atom. The number of sulfone groups is 1. The van der Waals surface area contributed by atoms with Crippen molar-refractivity contribution in [3.63, 3.8) is 0 Å². The van der Waals surface area contributed by atoms with Gasteiger partial charge in [-0.3, -0.25) is 4.79 Å². The van der Waals surface area contributed by atoms with Gasteiger partial charge in [-0.1, -0.05) is 0 Å². The first-order chi connectivity index (χ1) is 8.51. The fourth-order valence-electron chi connectivity index (χ4n) is 1.77. The molecule has 3 unspecified atom stereocenters. The number of hydrogen-bond acceptors (Lipinski definition) is 4. The zero-order valence-electron chi connectivity index (χ0n) is 10.6. The predicted octanol–water partition coefficient (Wildman–Crippen LogP) is 0.219. The van der Waals surface area contributed by atoms with Gasteiger partial charge in [-0.05, 0) is 19.8 Å². The topological polar surface area (TPSA) is 75.3 Å². The van der Waals surface area contributed by atoms with E-state index in [1.165, 1.54) is 6.92 Å². The predicted molar refractivity (Wildman–Crippen MR) is 63.3 cm³/mol. The van der Waals surface area contributed by atoms with Gasteiger partial charge in [0.05, 0.1) is 0 Å². The average Bonchev–Trinajstić information content (AvgIpc) is 2.26. The molecule has 1 saturated heterocycles. The molecule has 1 rings (SSSR count). The van der Waals surface area contributed by atoms with E-state index >= 15 is 0 Å². The number of nitrogens with one attached hydrogen (secondary N) is 2. The summed E-state index contributed by atoms with van der Waals surface area (Å²) in [5.41, 5.74) is 0. The molecule has 0 aromatic heterocycles. The standard InChI is InChI=1S/C10H17F3N2O3S/c1-6(19(2,17)18)9(16)15-7-3-4-8(14-5-7)10(11,12)13/h6-8,14H,3-5H2,1-2H3,(H,15,16). The molecule has 1 aliphatic heterocycles. The van der Waals surface area contributed by atoms with Gasteiger partial charge >= 0.3 is 6.18 Å². The number of alkyl halides is 3. The van der Waals surface area contributed by atoms with Crippen LogP contribution in [0.5, 0.6) is 0 Å². The Balaban J connectivity index is 2.48. The van der Waals surface area contributed by atoms with Gasteiger partial charge < -0.3 is 10.6 Å². The zero-order chi connectivity index (χ0) is 14.8. The molecule has 19 heavy (non-hydrogen) atoms. The molecule has 0 aromatic carbocycles. The molecule has 1 aliphatic rings. The van der Waals surface area contributed by atoms with Gasteiger partial charge in [-0.2, -0.15) is 13.2 Å². The molecule has 1 heterocycles. The number of carbonyl (C=O) groups excluding carboxylic acids is 1. The Hall–Kier alpha value is -0.830. The van der Waals surface area contributed by atoms with Gasteiger partial charge in [-0.25, -0.2) is 8.42 Å². The molecule has 5 nitrogen and oxygen atoms in total. The first-order valence-corrected chi connectivity index (χ1v) is 7.76. The highest BCUT2D eigenvalue weighted by molar-refractivity contribution is 7.92. The van der Waals surface area contributed by atoms with E-state index in [1.807, 2.05) is 0 Å². The second-order valence-electron chi connectivity index (χ2n) is 4.76. The normalized spacial score (nSPS) is 26.8. The fraction of sp³-hybridized carbons (Fsp3) is 0.900. The van der Waals surface area contributed by atoms with Crippen LogP contribution in [-0.4, -0.2) is 50.6 Å². The molecule has 0 radical (unpaired) electrons. The number of halogens is 3. The van der Waals surface area contributed by atoms with Crippen molar-refractivity contribution >= 4 is 15.7 Å². The summed E-state index contributed by atoms with van der Waals surface area (Å²) in [5.74, 6) is -0.681. The van der Waals surface area contributed by atoms with Crippen molar-refractivity contribution in [2.75, 3.05) is 12.8 Å². The molecule has 3 atom stereocenters. The van der Waals surface area contributed by atoms with Crippen LogP contribution in [0, 0.1) is 0 Å². The van der Waals surface area contributed by atoms with E-state index in [0.717, 1.165) is 6.26 Å². The van der Waals surface area contributed by atoms with E-state index < -0.39 is 39.3 Å². The van der Waals surface area contributed by atoms with Crippen molar-refractivity contribution in [2.24, 2.45) is 0 Å². The van der Waals surface area contributed by atoms with Gasteiger partial charge in [0.1, 0.15) is 11.3 Å². The van der Waals surface area contributed by atoms with Gasteiger partial charge in [-0.15, -0.1) is 0 Å². The molecule has 2 N–H and O–H groups in total. The third-order valence-corrected chi connectivity index (χ3v) is 4.67. The summed E-state index contributed by atoms with van der Waals surface area (Å²) in [6, 6.07) is -2.04. The highest BCUT2D eigenvalue weighted by Gasteiger charge is 2.41. The molecule has 0 spiro atoms. The van der Waals surface area contributed by atoms with Crippen LogP contribution in [0.1, 0.15) is 19.8 Å². The van der Waals surface area contributed by atoms with Gasteiger partial charge in [0.15, 0.2) is 9.84 Å². The first kappa shape index (κ1) is 16.2. The van der Waals surface area contributed by atoms with E-state index in [9.17, 15) is 26.4 Å². The van der Waals surface area contributed by atoms with E-state index in [1.54, 1.807) is 0 Å². The molecule has 0 aliphatic carbocycles. The molecule has 1 amide bonds. The number of hydrogen-bond donors (Lipinski definition) is 2. The summed E-state index contributed by atoms with van der Waals surface area (Å²) in [4.78, 5) is 11.6. The Kier molecular flexibility index (Phi) is 4.83. The lowest BCUT2D eigenvalue weighted by Crippen LogP contribution is -2.55. The summed E-state index contributed by atoms with van der Waals surface area (Å²) in [7, 11) is -3.50. The monoisotopic (exact) mass is 302 g/mol. The van der Waals surface area contributed by atoms with Crippen LogP contribution in [0.4, 0.5) is 13.2 Å². The maximum absolute atomic E-state index is 12.4. The molecule has 0 saturated carbocycles. The minimum atomic E-state index is -4.30. The Morgan fingerprint density at radius 3 is 2.32 bits per heavy atom. The minimum absolute atomic E-state index is 0.0214. The molecule has 0 aromatic rings. The summed E-state index contributed by atoms with van der Waals surface area (Å²) in [6.07, 6.45) is -3.33. The van der Waals surface area contributed by atoms with Crippen molar-refractivity contribution in [3.05, 3.63) is 0 Å². The van der Waals surface area contributed by atoms with E-state index in [2.05, 4.69) is 10.6 Å². The second-order valence-corrected chi connectivity index (χ2v) is 7.12. The lowest BCUT2D eigenvalue weighted by atomic mass is 10.0. The van der Waals surface area contributed by atoms with Crippen LogP contribution in [0.3, 0.4) is 0 Å². The van der Waals surface area contributed by atoms with Crippen molar-refractivity contribution < 1.29 is 26.4 Å². The van der Waals surface area contributed by atoms with Gasteiger partial charge in [0, 0.05) is 18.8 Å². The van der Waals surface area contributed by atoms with Crippen molar-refractivity contribution in [1.29, 1.82) is 0 Å². The van der Waals surface area contributed by atoms with Crippen molar-refractivity contribution in [3.8, 4) is 0 Å². The second kappa shape index (κ2) is 5.66. The maximum Gasteiger partial charge on any atom is 0.403 e. The highest BCUT2D eigenvalue weighted by Crippen LogP contribution is 2.26. The molecular formula is C10H17F3N2O3S. The molecule has 9 heteroatoms. The highest BCUT2D eigenvalue weighted by atomic mass is 32.2. The number of rotatable bonds is 3. The van der Waals surface area contributed by atoms with Gasteiger partial charge in [0.2, 0.25) is 5.91 Å². The third-order valence-electron chi connectivity index (χ3n) is 3.17. The minimum Gasteiger partial charge on any atom is -0.351 e. The van der Waals surface area contributed by atoms with Crippen LogP contribution in [0.2, 0.25) is 0 Å². The fourth-order valence-corrected chi connectivity index (χ4v) is 2.23. The average molecular weight is 302 g/mol. The quantitative estimate of drug-likeness (QED) is 0.782. The lowest BCUT2D eigenvalue weighted by Gasteiger charge is -2.31. The summed E-state index contributed by atoms with van der Waals surface area (Å²) < 4.78 is 59.5. The number of carbonyl (C=O) groups is 1. The van der Waals surface area contributed by atoms with E-state index in [0.29, 0.717) is 0 Å². The zero-order valence-corrected chi connectivity index (χ0v) is 11.4. The number of piperidine rings is 1. The van der Waals surface area contributed by atoms with E-state index in [-0.39, 0.29) is 19.4 Å². The molecule has 0 bridgehead atoms. The maximum atomic E-state index is 12.4. The summed E-state index contributed by atoms with van der Waals surface area (Å²) in [6.45, 7) is 1.23. The smallest absolute Gasteiger partial charge is 0.351 e. The SMILES string of the molecule is CC(C(=O)NC1CCC(C(F)(F)F)NC1)S(C)(=O)=O. The lowest BCUT2D eigenvalue weighted by molar-refractivity contribution is -0.161. The van der Waals surface area contributed by atoms with Gasteiger partial charge in [0.25, 0.3) is 0 Å². The van der Waals surface area contributed by atoms with Crippen molar-refractivity contribution in [2.45, 2.75) is 43.3 Å². The Bertz CT molecular complexity index is 428. The summed E-state index contributed by atoms with van der Waals surface area (Å²) >= 11 is 0. The Morgan fingerprint density at radius 1 is 1.37 bits per heavy atom. The summed E-state index contributed by atoms with van der Waals surface area (Å²) in [5, 5.41) is 3.55. The van der Waals surface area contributed by atoms with Crippen LogP contribution in [-0.2, 0) is 14.6 Å². The molecule has 112 valence electrons. The third kappa shape index (κ3) is 4.64. The first-order valence-electron chi connectivity index (χ1n) is 5.81. The van der Waals surface area contributed by atoms with Crippen molar-refractivity contribution in [1.82, 2.24) is 10.6 Å². The van der Waals surface area contributed by atoms with Crippen LogP contribution in [0.25, 0.3) is 0 Å². The van der Waals surface area contributed by atoms with E-state index in [4.69, 9.17) is 0 Å². The van der Waals surface area contributed by atoms with Crippen LogP contribution < -0.4 is 10.6 Å². The van der Waals surface area contributed by atoms with Crippen LogP contribution in [0.15, 0.2) is 0 Å². The Labute approximate surface area is 109 Å².